The van der Waals surface area contributed by atoms with E-state index >= 15 is 0 Å². The van der Waals surface area contributed by atoms with Crippen molar-refractivity contribution in [3.63, 3.8) is 0 Å². The zero-order valence-corrected chi connectivity index (χ0v) is 7.00. The van der Waals surface area contributed by atoms with Crippen molar-refractivity contribution in [3.8, 4) is 0 Å². The number of ether oxygens (including phenoxy) is 1. The predicted octanol–water partition coefficient (Wildman–Crippen LogP) is -0.425. The van der Waals surface area contributed by atoms with E-state index in [4.69, 9.17) is 0 Å². The van der Waals surface area contributed by atoms with Crippen LogP contribution in [0.3, 0.4) is 0 Å². The molecule has 1 rings (SSSR count). The average Bonchev–Trinajstić information content (AvgIpc) is 2.47. The number of hydrogen-bond acceptors (Lipinski definition) is 3. The monoisotopic (exact) mass is 172 g/mol. The van der Waals surface area contributed by atoms with Gasteiger partial charge in [-0.3, -0.25) is 4.79 Å². The van der Waals surface area contributed by atoms with E-state index < -0.39 is 0 Å². The molecule has 1 fully saturated rings. The van der Waals surface area contributed by atoms with Crippen molar-refractivity contribution in [1.82, 2.24) is 10.2 Å². The number of nitrogens with one attached hydrogen (secondary N) is 1. The van der Waals surface area contributed by atoms with Crippen LogP contribution in [0.2, 0.25) is 0 Å². The van der Waals surface area contributed by atoms with Crippen LogP contribution in [0.1, 0.15) is 6.42 Å². The van der Waals surface area contributed by atoms with Gasteiger partial charge in [0.05, 0.1) is 6.54 Å². The molecule has 0 bridgehead atoms. The van der Waals surface area contributed by atoms with Crippen LogP contribution in [0.25, 0.3) is 0 Å². The first kappa shape index (κ1) is 8.83. The summed E-state index contributed by atoms with van der Waals surface area (Å²) < 4.78 is 4.69. The Kier molecular flexibility index (Phi) is 2.90. The number of nitrogens with zero attached hydrogens (tertiary/aromatic N) is 1. The molecule has 0 aromatic heterocycles. The standard InChI is InChI=1S/C7H12N2O3/c1-8-6(10)2-3-9-4-5-12-7(9)11/h2-5H2,1H3,(H,8,10). The topological polar surface area (TPSA) is 58.6 Å². The molecule has 68 valence electrons. The van der Waals surface area contributed by atoms with Gasteiger partial charge in [0, 0.05) is 20.0 Å². The number of hydrogen-bond donors (Lipinski definition) is 1. The fourth-order valence-corrected chi connectivity index (χ4v) is 0.990. The molecule has 0 saturated carbocycles. The first-order valence-corrected chi connectivity index (χ1v) is 3.86. The molecule has 2 amide bonds. The van der Waals surface area contributed by atoms with Gasteiger partial charge in [-0.1, -0.05) is 0 Å². The van der Waals surface area contributed by atoms with Crippen molar-refractivity contribution in [1.29, 1.82) is 0 Å². The Labute approximate surface area is 70.7 Å². The highest BCUT2D eigenvalue weighted by molar-refractivity contribution is 5.76. The second-order valence-corrected chi connectivity index (χ2v) is 2.52. The van der Waals surface area contributed by atoms with Crippen molar-refractivity contribution in [2.75, 3.05) is 26.7 Å². The lowest BCUT2D eigenvalue weighted by molar-refractivity contribution is -0.120. The van der Waals surface area contributed by atoms with Crippen LogP contribution >= 0.6 is 0 Å². The summed E-state index contributed by atoms with van der Waals surface area (Å²) in [5, 5.41) is 2.49. The summed E-state index contributed by atoms with van der Waals surface area (Å²) in [5.74, 6) is -0.0605. The summed E-state index contributed by atoms with van der Waals surface area (Å²) in [6.45, 7) is 1.47. The molecule has 1 aliphatic heterocycles. The smallest absolute Gasteiger partial charge is 0.409 e. The summed E-state index contributed by atoms with van der Waals surface area (Å²) in [4.78, 5) is 23.2. The minimum absolute atomic E-state index is 0.0605. The Morgan fingerprint density at radius 3 is 3.00 bits per heavy atom. The predicted molar refractivity (Wildman–Crippen MR) is 41.6 cm³/mol. The quantitative estimate of drug-likeness (QED) is 0.628. The molecule has 1 N–H and O–H groups in total. The lowest BCUT2D eigenvalue weighted by Crippen LogP contribution is -2.29. The van der Waals surface area contributed by atoms with E-state index in [1.54, 1.807) is 7.05 Å². The molecule has 0 spiro atoms. The van der Waals surface area contributed by atoms with Gasteiger partial charge in [-0.2, -0.15) is 0 Å². The van der Waals surface area contributed by atoms with Crippen molar-refractivity contribution in [2.45, 2.75) is 6.42 Å². The fraction of sp³-hybridized carbons (Fsp3) is 0.714. The van der Waals surface area contributed by atoms with Crippen molar-refractivity contribution in [2.24, 2.45) is 0 Å². The highest BCUT2D eigenvalue weighted by Gasteiger charge is 2.21. The number of amides is 2. The molecular weight excluding hydrogens is 160 g/mol. The Balaban J connectivity index is 2.22. The van der Waals surface area contributed by atoms with Crippen LogP contribution in [-0.4, -0.2) is 43.6 Å². The summed E-state index contributed by atoms with van der Waals surface area (Å²) >= 11 is 0. The minimum atomic E-state index is -0.320. The second kappa shape index (κ2) is 3.94. The maximum atomic E-state index is 10.8. The van der Waals surface area contributed by atoms with Gasteiger partial charge in [-0.15, -0.1) is 0 Å². The van der Waals surface area contributed by atoms with Gasteiger partial charge in [0.1, 0.15) is 6.61 Å². The normalized spacial score (nSPS) is 16.1. The van der Waals surface area contributed by atoms with E-state index in [1.165, 1.54) is 4.90 Å². The highest BCUT2D eigenvalue weighted by atomic mass is 16.6. The largest absolute Gasteiger partial charge is 0.448 e. The van der Waals surface area contributed by atoms with E-state index in [9.17, 15) is 9.59 Å². The third kappa shape index (κ3) is 2.11. The van der Waals surface area contributed by atoms with Crippen LogP contribution in [-0.2, 0) is 9.53 Å². The van der Waals surface area contributed by atoms with E-state index in [2.05, 4.69) is 10.1 Å². The molecule has 5 heteroatoms. The Morgan fingerprint density at radius 1 is 1.75 bits per heavy atom. The Morgan fingerprint density at radius 2 is 2.50 bits per heavy atom. The maximum absolute atomic E-state index is 10.8. The highest BCUT2D eigenvalue weighted by Crippen LogP contribution is 2.03. The van der Waals surface area contributed by atoms with Gasteiger partial charge in [-0.05, 0) is 0 Å². The van der Waals surface area contributed by atoms with Gasteiger partial charge in [0.15, 0.2) is 0 Å². The number of rotatable bonds is 3. The van der Waals surface area contributed by atoms with Crippen LogP contribution in [0, 0.1) is 0 Å². The van der Waals surface area contributed by atoms with Crippen molar-refractivity contribution < 1.29 is 14.3 Å². The van der Waals surface area contributed by atoms with Crippen molar-refractivity contribution >= 4 is 12.0 Å². The van der Waals surface area contributed by atoms with Crippen LogP contribution < -0.4 is 5.32 Å². The molecule has 0 aliphatic carbocycles. The van der Waals surface area contributed by atoms with Crippen LogP contribution in [0.5, 0.6) is 0 Å². The second-order valence-electron chi connectivity index (χ2n) is 2.52. The van der Waals surface area contributed by atoms with Gasteiger partial charge in [-0.25, -0.2) is 4.79 Å². The summed E-state index contributed by atoms with van der Waals surface area (Å²) in [5.41, 5.74) is 0. The van der Waals surface area contributed by atoms with Gasteiger partial charge >= 0.3 is 6.09 Å². The Bertz CT molecular complexity index is 193. The zero-order chi connectivity index (χ0) is 8.97. The van der Waals surface area contributed by atoms with Gasteiger partial charge < -0.3 is 15.0 Å². The van der Waals surface area contributed by atoms with E-state index in [0.29, 0.717) is 26.1 Å². The summed E-state index contributed by atoms with van der Waals surface area (Å²) in [6.07, 6.45) is 0.0184. The molecule has 1 aliphatic rings. The van der Waals surface area contributed by atoms with Crippen LogP contribution in [0.4, 0.5) is 4.79 Å². The fourth-order valence-electron chi connectivity index (χ4n) is 0.990. The first-order valence-electron chi connectivity index (χ1n) is 3.86. The molecule has 12 heavy (non-hydrogen) atoms. The molecule has 0 aromatic rings. The zero-order valence-electron chi connectivity index (χ0n) is 7.00. The molecule has 0 radical (unpaired) electrons. The van der Waals surface area contributed by atoms with Gasteiger partial charge in [0.2, 0.25) is 5.91 Å². The minimum Gasteiger partial charge on any atom is -0.448 e. The molecule has 0 atom stereocenters. The lowest BCUT2D eigenvalue weighted by Gasteiger charge is -2.10. The summed E-state index contributed by atoms with van der Waals surface area (Å²) in [7, 11) is 1.57. The molecule has 0 aromatic carbocycles. The third-order valence-electron chi connectivity index (χ3n) is 1.73. The van der Waals surface area contributed by atoms with E-state index in [1.807, 2.05) is 0 Å². The van der Waals surface area contributed by atoms with E-state index in [0.717, 1.165) is 0 Å². The molecular formula is C7H12N2O3. The average molecular weight is 172 g/mol. The third-order valence-corrected chi connectivity index (χ3v) is 1.73. The lowest BCUT2D eigenvalue weighted by atomic mass is 10.4. The summed E-state index contributed by atoms with van der Waals surface area (Å²) in [6, 6.07) is 0. The maximum Gasteiger partial charge on any atom is 0.409 e. The molecule has 5 nitrogen and oxygen atoms in total. The SMILES string of the molecule is CNC(=O)CCN1CCOC1=O. The number of cyclic esters (lactones) is 1. The Hall–Kier alpha value is -1.26. The first-order chi connectivity index (χ1) is 5.74. The van der Waals surface area contributed by atoms with E-state index in [-0.39, 0.29) is 12.0 Å². The van der Waals surface area contributed by atoms with Gasteiger partial charge in [0.25, 0.3) is 0 Å². The van der Waals surface area contributed by atoms with Crippen LogP contribution in [0.15, 0.2) is 0 Å². The molecule has 1 heterocycles. The number of carbonyl (C=O) groups excluding carboxylic acids is 2. The molecule has 1 saturated heterocycles. The number of carbonyl (C=O) groups is 2. The molecule has 0 unspecified atom stereocenters. The van der Waals surface area contributed by atoms with Crippen molar-refractivity contribution in [3.05, 3.63) is 0 Å².